The van der Waals surface area contributed by atoms with Gasteiger partial charge in [0, 0.05) is 31.7 Å². The topological polar surface area (TPSA) is 80.5 Å². The summed E-state index contributed by atoms with van der Waals surface area (Å²) >= 11 is 1.47. The number of piperidine rings is 1. The van der Waals surface area contributed by atoms with E-state index in [9.17, 15) is 4.79 Å². The van der Waals surface area contributed by atoms with E-state index in [1.165, 1.54) is 24.2 Å². The summed E-state index contributed by atoms with van der Waals surface area (Å²) in [5, 5.41) is 5.56. The molecule has 144 valence electrons. The molecule has 2 saturated heterocycles. The second-order valence-corrected chi connectivity index (χ2v) is 7.71. The molecule has 6 nitrogen and oxygen atoms in total. The van der Waals surface area contributed by atoms with E-state index in [0.717, 1.165) is 31.2 Å². The van der Waals surface area contributed by atoms with Crippen LogP contribution in [-0.2, 0) is 16.1 Å². The van der Waals surface area contributed by atoms with Crippen molar-refractivity contribution >= 4 is 47.2 Å². The van der Waals surface area contributed by atoms with Crippen molar-refractivity contribution in [3.05, 3.63) is 11.1 Å². The Balaban J connectivity index is 0.00000156. The molecule has 9 heteroatoms. The molecule has 1 atom stereocenters. The Hall–Kier alpha value is -0.440. The van der Waals surface area contributed by atoms with Crippen LogP contribution < -0.4 is 11.1 Å². The predicted octanol–water partition coefficient (Wildman–Crippen LogP) is 2.67. The predicted molar refractivity (Wildman–Crippen MR) is 106 cm³/mol. The lowest BCUT2D eigenvalue weighted by atomic mass is 9.90. The second kappa shape index (κ2) is 10.0. The molecule has 0 spiro atoms. The minimum Gasteiger partial charge on any atom is -0.381 e. The van der Waals surface area contributed by atoms with Crippen LogP contribution in [0.1, 0.15) is 38.3 Å². The van der Waals surface area contributed by atoms with E-state index in [-0.39, 0.29) is 30.7 Å². The number of thiazole rings is 1. The third-order valence-corrected chi connectivity index (χ3v) is 5.54. The zero-order valence-corrected chi connectivity index (χ0v) is 17.0. The van der Waals surface area contributed by atoms with Crippen molar-refractivity contribution in [3.8, 4) is 0 Å². The molecule has 0 bridgehead atoms. The zero-order chi connectivity index (χ0) is 16.3. The summed E-state index contributed by atoms with van der Waals surface area (Å²) in [5.41, 5.74) is 6.40. The molecule has 0 aliphatic carbocycles. The highest BCUT2D eigenvalue weighted by molar-refractivity contribution is 7.13. The van der Waals surface area contributed by atoms with Gasteiger partial charge >= 0.3 is 0 Å². The van der Waals surface area contributed by atoms with Crippen molar-refractivity contribution in [2.45, 2.75) is 44.7 Å². The van der Waals surface area contributed by atoms with Crippen LogP contribution in [0.25, 0.3) is 0 Å². The Bertz CT molecular complexity index is 552. The van der Waals surface area contributed by atoms with Crippen LogP contribution in [0.3, 0.4) is 0 Å². The molecule has 3 heterocycles. The van der Waals surface area contributed by atoms with Crippen molar-refractivity contribution in [2.24, 2.45) is 11.7 Å². The van der Waals surface area contributed by atoms with Crippen molar-refractivity contribution in [1.29, 1.82) is 0 Å². The Kier molecular flexibility index (Phi) is 9.08. The van der Waals surface area contributed by atoms with Crippen molar-refractivity contribution in [1.82, 2.24) is 9.88 Å². The summed E-state index contributed by atoms with van der Waals surface area (Å²) in [6, 6.07) is 0. The number of ether oxygens (including phenoxy) is 1. The van der Waals surface area contributed by atoms with E-state index in [1.807, 2.05) is 5.38 Å². The standard InChI is InChI=1S/C16H26N4O2S.2ClH/c1-12-3-2-6-20(9-12)10-13-11-23-15(18-13)19-14(21)16(17)4-7-22-8-5-16;;/h11-12H,2-10,17H2,1H3,(H,18,19,21);2*1H. The third kappa shape index (κ3) is 6.05. The van der Waals surface area contributed by atoms with Gasteiger partial charge < -0.3 is 15.8 Å². The van der Waals surface area contributed by atoms with Gasteiger partial charge in [-0.15, -0.1) is 36.2 Å². The number of aromatic nitrogens is 1. The molecule has 1 amide bonds. The molecule has 2 aliphatic heterocycles. The van der Waals surface area contributed by atoms with Crippen molar-refractivity contribution < 1.29 is 9.53 Å². The number of amides is 1. The van der Waals surface area contributed by atoms with E-state index in [0.29, 0.717) is 31.2 Å². The molecule has 1 aromatic rings. The maximum absolute atomic E-state index is 12.4. The van der Waals surface area contributed by atoms with Gasteiger partial charge in [0.25, 0.3) is 0 Å². The fraction of sp³-hybridized carbons (Fsp3) is 0.750. The average molecular weight is 411 g/mol. The van der Waals surface area contributed by atoms with Gasteiger partial charge in [0.2, 0.25) is 5.91 Å². The Morgan fingerprint density at radius 2 is 2.20 bits per heavy atom. The molecule has 3 N–H and O–H groups in total. The number of halogens is 2. The third-order valence-electron chi connectivity index (χ3n) is 4.74. The van der Waals surface area contributed by atoms with E-state index >= 15 is 0 Å². The minimum atomic E-state index is -0.827. The molecule has 3 rings (SSSR count). The van der Waals surface area contributed by atoms with Crippen LogP contribution in [0, 0.1) is 5.92 Å². The Labute approximate surface area is 165 Å². The van der Waals surface area contributed by atoms with Gasteiger partial charge in [-0.25, -0.2) is 4.98 Å². The fourth-order valence-corrected chi connectivity index (χ4v) is 3.98. The molecule has 2 aliphatic rings. The van der Waals surface area contributed by atoms with E-state index in [1.54, 1.807) is 0 Å². The number of carbonyl (C=O) groups excluding carboxylic acids is 1. The summed E-state index contributed by atoms with van der Waals surface area (Å²) in [6.45, 7) is 6.51. The number of hydrogen-bond acceptors (Lipinski definition) is 6. The van der Waals surface area contributed by atoms with Crippen LogP contribution in [0.2, 0.25) is 0 Å². The van der Waals surface area contributed by atoms with Crippen LogP contribution in [0.5, 0.6) is 0 Å². The molecule has 2 fully saturated rings. The quantitative estimate of drug-likeness (QED) is 0.796. The molecular formula is C16H28Cl2N4O2S. The Morgan fingerprint density at radius 3 is 2.88 bits per heavy atom. The number of nitrogens with zero attached hydrogens (tertiary/aromatic N) is 2. The van der Waals surface area contributed by atoms with Crippen LogP contribution in [0.4, 0.5) is 5.13 Å². The largest absolute Gasteiger partial charge is 0.381 e. The van der Waals surface area contributed by atoms with Crippen molar-refractivity contribution in [2.75, 3.05) is 31.6 Å². The fourth-order valence-electron chi connectivity index (χ4n) is 3.28. The average Bonchev–Trinajstić information content (AvgIpc) is 2.95. The van der Waals surface area contributed by atoms with Crippen LogP contribution in [-0.4, -0.2) is 47.6 Å². The smallest absolute Gasteiger partial charge is 0.246 e. The molecule has 0 radical (unpaired) electrons. The lowest BCUT2D eigenvalue weighted by molar-refractivity contribution is -0.124. The van der Waals surface area contributed by atoms with Crippen molar-refractivity contribution in [3.63, 3.8) is 0 Å². The lowest BCUT2D eigenvalue weighted by Crippen LogP contribution is -2.54. The minimum absolute atomic E-state index is 0. The highest BCUT2D eigenvalue weighted by Gasteiger charge is 2.36. The molecule has 25 heavy (non-hydrogen) atoms. The number of hydrogen-bond donors (Lipinski definition) is 2. The number of carbonyl (C=O) groups is 1. The number of nitrogens with one attached hydrogen (secondary N) is 1. The molecule has 1 unspecified atom stereocenters. The van der Waals surface area contributed by atoms with Crippen LogP contribution in [0.15, 0.2) is 5.38 Å². The SMILES string of the molecule is CC1CCCN(Cc2csc(NC(=O)C3(N)CCOCC3)n2)C1.Cl.Cl. The summed E-state index contributed by atoms with van der Waals surface area (Å²) in [4.78, 5) is 19.4. The van der Waals surface area contributed by atoms with Gasteiger partial charge in [0.05, 0.1) is 5.69 Å². The lowest BCUT2D eigenvalue weighted by Gasteiger charge is -2.31. The molecule has 0 aromatic carbocycles. The van der Waals surface area contributed by atoms with Gasteiger partial charge in [0.1, 0.15) is 5.54 Å². The highest BCUT2D eigenvalue weighted by atomic mass is 35.5. The van der Waals surface area contributed by atoms with Gasteiger partial charge in [0.15, 0.2) is 5.13 Å². The zero-order valence-electron chi connectivity index (χ0n) is 14.5. The monoisotopic (exact) mass is 410 g/mol. The highest BCUT2D eigenvalue weighted by Crippen LogP contribution is 2.23. The van der Waals surface area contributed by atoms with E-state index < -0.39 is 5.54 Å². The van der Waals surface area contributed by atoms with Crippen LogP contribution >= 0.6 is 36.2 Å². The first-order valence-electron chi connectivity index (χ1n) is 8.40. The molecule has 1 aromatic heterocycles. The number of rotatable bonds is 4. The molecular weight excluding hydrogens is 383 g/mol. The summed E-state index contributed by atoms with van der Waals surface area (Å²) in [6.07, 6.45) is 3.69. The van der Waals surface area contributed by atoms with Gasteiger partial charge in [-0.1, -0.05) is 6.92 Å². The van der Waals surface area contributed by atoms with Gasteiger partial charge in [-0.3, -0.25) is 9.69 Å². The van der Waals surface area contributed by atoms with E-state index in [4.69, 9.17) is 10.5 Å². The molecule has 0 saturated carbocycles. The first kappa shape index (κ1) is 22.6. The summed E-state index contributed by atoms with van der Waals surface area (Å²) in [7, 11) is 0. The maximum Gasteiger partial charge on any atom is 0.246 e. The van der Waals surface area contributed by atoms with Gasteiger partial charge in [-0.2, -0.15) is 0 Å². The number of anilines is 1. The Morgan fingerprint density at radius 1 is 1.48 bits per heavy atom. The maximum atomic E-state index is 12.4. The van der Waals surface area contributed by atoms with E-state index in [2.05, 4.69) is 22.1 Å². The second-order valence-electron chi connectivity index (χ2n) is 6.85. The number of nitrogens with two attached hydrogens (primary N) is 1. The first-order chi connectivity index (χ1) is 11.0. The van der Waals surface area contributed by atoms with Gasteiger partial charge in [-0.05, 0) is 38.1 Å². The summed E-state index contributed by atoms with van der Waals surface area (Å²) < 4.78 is 5.28. The first-order valence-corrected chi connectivity index (χ1v) is 9.28. The number of likely N-dealkylation sites (tertiary alicyclic amines) is 1. The normalized spacial score (nSPS) is 23.2. The summed E-state index contributed by atoms with van der Waals surface area (Å²) in [5.74, 6) is 0.612.